The zero-order valence-electron chi connectivity index (χ0n) is 17.9. The molecule has 2 aliphatic heterocycles. The molecule has 0 aliphatic carbocycles. The van der Waals surface area contributed by atoms with Gasteiger partial charge in [-0.2, -0.15) is 0 Å². The second kappa shape index (κ2) is 8.94. The normalized spacial score (nSPS) is 19.6. The quantitative estimate of drug-likeness (QED) is 0.750. The maximum Gasteiger partial charge on any atom is 0.322 e. The van der Waals surface area contributed by atoms with Gasteiger partial charge in [0.25, 0.3) is 5.91 Å². The monoisotopic (exact) mass is 409 g/mol. The maximum absolute atomic E-state index is 13.4. The molecule has 0 unspecified atom stereocenters. The number of anilines is 1. The Morgan fingerprint density at radius 3 is 2.47 bits per heavy atom. The van der Waals surface area contributed by atoms with E-state index in [1.807, 2.05) is 54.0 Å². The molecule has 2 aliphatic rings. The topological polar surface area (TPSA) is 65.8 Å². The van der Waals surface area contributed by atoms with Gasteiger partial charge in [-0.3, -0.25) is 4.79 Å². The van der Waals surface area contributed by atoms with Crippen molar-refractivity contribution in [2.75, 3.05) is 25.0 Å². The van der Waals surface area contributed by atoms with Gasteiger partial charge in [-0.05, 0) is 63.3 Å². The molecule has 160 valence electrons. The number of para-hydroxylation sites is 1. The van der Waals surface area contributed by atoms with Crippen LogP contribution in [0, 0.1) is 13.8 Å². The van der Waals surface area contributed by atoms with Crippen LogP contribution >= 0.6 is 0 Å². The summed E-state index contributed by atoms with van der Waals surface area (Å²) in [5.41, 5.74) is 2.09. The minimum Gasteiger partial charge on any atom is -0.464 e. The van der Waals surface area contributed by atoms with Crippen LogP contribution in [0.5, 0.6) is 0 Å². The number of furan rings is 1. The van der Waals surface area contributed by atoms with Crippen molar-refractivity contribution >= 4 is 17.6 Å². The van der Waals surface area contributed by atoms with Crippen molar-refractivity contribution in [1.29, 1.82) is 0 Å². The first-order chi connectivity index (χ1) is 14.5. The average molecular weight is 410 g/mol. The number of rotatable bonds is 3. The van der Waals surface area contributed by atoms with Crippen LogP contribution in [0.3, 0.4) is 0 Å². The van der Waals surface area contributed by atoms with Crippen LogP contribution in [0.15, 0.2) is 34.7 Å². The third kappa shape index (κ3) is 4.23. The highest BCUT2D eigenvalue weighted by molar-refractivity contribution is 6.04. The number of benzene rings is 1. The maximum atomic E-state index is 13.4. The predicted octanol–water partition coefficient (Wildman–Crippen LogP) is 5.28. The molecule has 2 fully saturated rings. The van der Waals surface area contributed by atoms with Gasteiger partial charge in [0.1, 0.15) is 11.5 Å². The van der Waals surface area contributed by atoms with E-state index in [-0.39, 0.29) is 18.0 Å². The minimum absolute atomic E-state index is 0.000533. The van der Waals surface area contributed by atoms with Gasteiger partial charge in [-0.15, -0.1) is 0 Å². The van der Waals surface area contributed by atoms with Crippen LogP contribution < -0.4 is 5.32 Å². The molecule has 1 aromatic carbocycles. The summed E-state index contributed by atoms with van der Waals surface area (Å²) in [6, 6.07) is 9.31. The summed E-state index contributed by atoms with van der Waals surface area (Å²) >= 11 is 0. The number of likely N-dealkylation sites (tertiary alicyclic amines) is 2. The van der Waals surface area contributed by atoms with Crippen LogP contribution in [0.1, 0.15) is 72.0 Å². The molecular formula is C24H31N3O3. The summed E-state index contributed by atoms with van der Waals surface area (Å²) in [5.74, 6) is 1.69. The highest BCUT2D eigenvalue weighted by Crippen LogP contribution is 2.32. The SMILES string of the molecule is Cc1ccc([C@@H]2CCCCCN2C(=O)Nc2c(C)cccc2C(=O)N2CCCC2)o1. The molecule has 0 bridgehead atoms. The first-order valence-electron chi connectivity index (χ1n) is 11.1. The first-order valence-corrected chi connectivity index (χ1v) is 11.1. The van der Waals surface area contributed by atoms with E-state index in [0.717, 1.165) is 68.7 Å². The van der Waals surface area contributed by atoms with Gasteiger partial charge in [0.05, 0.1) is 17.3 Å². The van der Waals surface area contributed by atoms with Crippen LogP contribution in [0.2, 0.25) is 0 Å². The Morgan fingerprint density at radius 2 is 1.73 bits per heavy atom. The zero-order chi connectivity index (χ0) is 21.1. The third-order valence-electron chi connectivity index (χ3n) is 6.23. The molecule has 0 spiro atoms. The number of urea groups is 1. The van der Waals surface area contributed by atoms with Crippen molar-refractivity contribution in [1.82, 2.24) is 9.80 Å². The molecule has 1 aromatic heterocycles. The van der Waals surface area contributed by atoms with E-state index in [4.69, 9.17) is 4.42 Å². The average Bonchev–Trinajstić information content (AvgIpc) is 3.36. The number of hydrogen-bond donors (Lipinski definition) is 1. The van der Waals surface area contributed by atoms with Crippen molar-refractivity contribution in [3.05, 3.63) is 53.0 Å². The Bertz CT molecular complexity index is 914. The third-order valence-corrected chi connectivity index (χ3v) is 6.23. The molecule has 30 heavy (non-hydrogen) atoms. The molecule has 0 radical (unpaired) electrons. The second-order valence-corrected chi connectivity index (χ2v) is 8.43. The molecule has 2 saturated heterocycles. The van der Waals surface area contributed by atoms with Gasteiger partial charge < -0.3 is 19.5 Å². The number of nitrogens with zero attached hydrogens (tertiary/aromatic N) is 2. The second-order valence-electron chi connectivity index (χ2n) is 8.43. The fourth-order valence-electron chi connectivity index (χ4n) is 4.56. The van der Waals surface area contributed by atoms with Gasteiger partial charge in [0.15, 0.2) is 0 Å². The minimum atomic E-state index is -0.166. The zero-order valence-corrected chi connectivity index (χ0v) is 17.9. The molecule has 0 saturated carbocycles. The predicted molar refractivity (Wildman–Crippen MR) is 117 cm³/mol. The summed E-state index contributed by atoms with van der Waals surface area (Å²) in [7, 11) is 0. The Morgan fingerprint density at radius 1 is 0.967 bits per heavy atom. The van der Waals surface area contributed by atoms with Gasteiger partial charge >= 0.3 is 6.03 Å². The van der Waals surface area contributed by atoms with Gasteiger partial charge in [0, 0.05) is 19.6 Å². The molecule has 6 nitrogen and oxygen atoms in total. The Labute approximate surface area is 178 Å². The van der Waals surface area contributed by atoms with E-state index in [0.29, 0.717) is 17.8 Å². The standard InChI is InChI=1S/C24H31N3O3/c1-17-9-8-10-19(23(28)26-14-6-7-15-26)22(17)25-24(29)27-16-5-3-4-11-20(27)21-13-12-18(2)30-21/h8-10,12-13,20H,3-7,11,14-16H2,1-2H3,(H,25,29)/t20-/m0/s1. The van der Waals surface area contributed by atoms with Crippen molar-refractivity contribution < 1.29 is 14.0 Å². The molecule has 1 atom stereocenters. The summed E-state index contributed by atoms with van der Waals surface area (Å²) in [6.07, 6.45) is 6.10. The Kier molecular flexibility index (Phi) is 6.11. The van der Waals surface area contributed by atoms with Gasteiger partial charge in [-0.1, -0.05) is 25.0 Å². The van der Waals surface area contributed by atoms with Crippen molar-refractivity contribution in [2.24, 2.45) is 0 Å². The summed E-state index contributed by atoms with van der Waals surface area (Å²) in [5, 5.41) is 3.09. The highest BCUT2D eigenvalue weighted by atomic mass is 16.3. The Balaban J connectivity index is 1.60. The van der Waals surface area contributed by atoms with E-state index in [1.54, 1.807) is 0 Å². The molecule has 3 amide bonds. The van der Waals surface area contributed by atoms with Gasteiger partial charge in [-0.25, -0.2) is 4.79 Å². The summed E-state index contributed by atoms with van der Waals surface area (Å²) in [4.78, 5) is 30.2. The van der Waals surface area contributed by atoms with E-state index in [9.17, 15) is 9.59 Å². The largest absolute Gasteiger partial charge is 0.464 e. The summed E-state index contributed by atoms with van der Waals surface area (Å²) in [6.45, 7) is 6.11. The highest BCUT2D eigenvalue weighted by Gasteiger charge is 2.30. The van der Waals surface area contributed by atoms with Crippen LogP contribution in [-0.2, 0) is 0 Å². The smallest absolute Gasteiger partial charge is 0.322 e. The lowest BCUT2D eigenvalue weighted by Crippen LogP contribution is -2.38. The fourth-order valence-corrected chi connectivity index (χ4v) is 4.56. The van der Waals surface area contributed by atoms with E-state index in [2.05, 4.69) is 5.32 Å². The van der Waals surface area contributed by atoms with Crippen LogP contribution in [0.4, 0.5) is 10.5 Å². The molecule has 4 rings (SSSR count). The lowest BCUT2D eigenvalue weighted by atomic mass is 10.1. The Hall–Kier alpha value is -2.76. The van der Waals surface area contributed by atoms with Crippen molar-refractivity contribution in [3.63, 3.8) is 0 Å². The van der Waals surface area contributed by atoms with E-state index in [1.165, 1.54) is 0 Å². The van der Waals surface area contributed by atoms with E-state index >= 15 is 0 Å². The van der Waals surface area contributed by atoms with Crippen LogP contribution in [-0.4, -0.2) is 41.4 Å². The van der Waals surface area contributed by atoms with Crippen molar-refractivity contribution in [2.45, 2.75) is 58.4 Å². The molecule has 3 heterocycles. The summed E-state index contributed by atoms with van der Waals surface area (Å²) < 4.78 is 5.88. The molecule has 6 heteroatoms. The van der Waals surface area contributed by atoms with Crippen molar-refractivity contribution in [3.8, 4) is 0 Å². The lowest BCUT2D eigenvalue weighted by Gasteiger charge is -2.29. The first kappa shape index (κ1) is 20.5. The number of hydrogen-bond acceptors (Lipinski definition) is 3. The number of carbonyl (C=O) groups excluding carboxylic acids is 2. The molecule has 1 N–H and O–H groups in total. The van der Waals surface area contributed by atoms with Gasteiger partial charge in [0.2, 0.25) is 0 Å². The van der Waals surface area contributed by atoms with Crippen LogP contribution in [0.25, 0.3) is 0 Å². The molecular weight excluding hydrogens is 378 g/mol. The fraction of sp³-hybridized carbons (Fsp3) is 0.500. The molecule has 2 aromatic rings. The number of nitrogens with one attached hydrogen (secondary N) is 1. The van der Waals surface area contributed by atoms with E-state index < -0.39 is 0 Å². The number of amides is 3. The number of carbonyl (C=O) groups is 2. The lowest BCUT2D eigenvalue weighted by molar-refractivity contribution is 0.0793. The number of aryl methyl sites for hydroxylation is 2.